The van der Waals surface area contributed by atoms with Crippen LogP contribution in [0.4, 0.5) is 0 Å². The van der Waals surface area contributed by atoms with Crippen LogP contribution in [0.15, 0.2) is 78.9 Å². The van der Waals surface area contributed by atoms with Gasteiger partial charge in [-0.3, -0.25) is 0 Å². The summed E-state index contributed by atoms with van der Waals surface area (Å²) in [6, 6.07) is 23.9. The zero-order valence-corrected chi connectivity index (χ0v) is 12.8. The van der Waals surface area contributed by atoms with Crippen LogP contribution in [0.5, 0.6) is 11.5 Å². The molecule has 0 spiro atoms. The van der Waals surface area contributed by atoms with Gasteiger partial charge in [0.1, 0.15) is 17.1 Å². The lowest BCUT2D eigenvalue weighted by Crippen LogP contribution is -2.31. The molecule has 0 radical (unpaired) electrons. The molecule has 3 aromatic carbocycles. The molecule has 0 aliphatic carbocycles. The van der Waals surface area contributed by atoms with Gasteiger partial charge >= 0.3 is 0 Å². The molecule has 0 bridgehead atoms. The number of phenols is 2. The zero-order valence-electron chi connectivity index (χ0n) is 12.8. The van der Waals surface area contributed by atoms with E-state index in [1.54, 1.807) is 31.4 Å². The Balaban J connectivity index is 2.27. The zero-order chi connectivity index (χ0) is 16.3. The molecule has 2 N–H and O–H groups in total. The van der Waals surface area contributed by atoms with Crippen LogP contribution < -0.4 is 0 Å². The first-order valence-corrected chi connectivity index (χ1v) is 7.36. The Labute approximate surface area is 135 Å². The summed E-state index contributed by atoms with van der Waals surface area (Å²) < 4.78 is 6.01. The maximum Gasteiger partial charge on any atom is 0.143 e. The van der Waals surface area contributed by atoms with E-state index in [4.69, 9.17) is 4.74 Å². The molecular formula is C20H18O3. The largest absolute Gasteiger partial charge is 0.508 e. The fourth-order valence-electron chi connectivity index (χ4n) is 2.92. The van der Waals surface area contributed by atoms with Crippen molar-refractivity contribution in [1.82, 2.24) is 0 Å². The lowest BCUT2D eigenvalue weighted by molar-refractivity contribution is 0.0584. The average Bonchev–Trinajstić information content (AvgIpc) is 2.60. The van der Waals surface area contributed by atoms with E-state index in [2.05, 4.69) is 0 Å². The Morgan fingerprint density at radius 2 is 1.00 bits per heavy atom. The van der Waals surface area contributed by atoms with Crippen molar-refractivity contribution in [3.63, 3.8) is 0 Å². The molecule has 3 nitrogen and oxygen atoms in total. The van der Waals surface area contributed by atoms with Gasteiger partial charge in [0.05, 0.1) is 0 Å². The van der Waals surface area contributed by atoms with Gasteiger partial charge in [-0.2, -0.15) is 0 Å². The van der Waals surface area contributed by atoms with E-state index >= 15 is 0 Å². The predicted octanol–water partition coefficient (Wildman–Crippen LogP) is 4.04. The number of aromatic hydroxyl groups is 2. The molecule has 0 saturated heterocycles. The topological polar surface area (TPSA) is 49.7 Å². The van der Waals surface area contributed by atoms with E-state index in [9.17, 15) is 10.2 Å². The summed E-state index contributed by atoms with van der Waals surface area (Å²) in [6.07, 6.45) is 0. The summed E-state index contributed by atoms with van der Waals surface area (Å²) in [5, 5.41) is 19.2. The lowest BCUT2D eigenvalue weighted by Gasteiger charge is -2.34. The molecule has 0 saturated carbocycles. The summed E-state index contributed by atoms with van der Waals surface area (Å²) in [5.74, 6) is 0.412. The second-order valence-corrected chi connectivity index (χ2v) is 5.35. The molecule has 116 valence electrons. The monoisotopic (exact) mass is 306 g/mol. The number of benzene rings is 3. The van der Waals surface area contributed by atoms with E-state index in [0.717, 1.165) is 16.7 Å². The number of phenolic OH excluding ortho intramolecular Hbond substituents is 2. The number of ether oxygens (including phenoxy) is 1. The summed E-state index contributed by atoms with van der Waals surface area (Å²) in [4.78, 5) is 0. The van der Waals surface area contributed by atoms with Crippen molar-refractivity contribution < 1.29 is 14.9 Å². The van der Waals surface area contributed by atoms with Crippen molar-refractivity contribution in [3.05, 3.63) is 95.6 Å². The van der Waals surface area contributed by atoms with Crippen LogP contribution >= 0.6 is 0 Å². The van der Waals surface area contributed by atoms with E-state index < -0.39 is 5.60 Å². The second kappa shape index (κ2) is 6.15. The first-order chi connectivity index (χ1) is 11.2. The summed E-state index contributed by atoms with van der Waals surface area (Å²) in [6.45, 7) is 0. The van der Waals surface area contributed by atoms with Gasteiger partial charge < -0.3 is 14.9 Å². The molecule has 3 heteroatoms. The van der Waals surface area contributed by atoms with Crippen LogP contribution in [0.2, 0.25) is 0 Å². The van der Waals surface area contributed by atoms with E-state index in [1.165, 1.54) is 0 Å². The van der Waals surface area contributed by atoms with Crippen molar-refractivity contribution in [2.75, 3.05) is 7.11 Å². The first-order valence-electron chi connectivity index (χ1n) is 7.36. The highest BCUT2D eigenvalue weighted by Crippen LogP contribution is 2.40. The van der Waals surface area contributed by atoms with Crippen molar-refractivity contribution in [2.45, 2.75) is 5.60 Å². The van der Waals surface area contributed by atoms with E-state index in [0.29, 0.717) is 0 Å². The number of rotatable bonds is 4. The Morgan fingerprint density at radius 3 is 1.39 bits per heavy atom. The normalized spacial score (nSPS) is 11.3. The Morgan fingerprint density at radius 1 is 0.609 bits per heavy atom. The molecule has 0 amide bonds. The molecular weight excluding hydrogens is 288 g/mol. The molecule has 0 aliphatic rings. The molecule has 0 aliphatic heterocycles. The van der Waals surface area contributed by atoms with Crippen LogP contribution in [0.1, 0.15) is 16.7 Å². The highest BCUT2D eigenvalue weighted by Gasteiger charge is 2.36. The van der Waals surface area contributed by atoms with Gasteiger partial charge in [0.2, 0.25) is 0 Å². The van der Waals surface area contributed by atoms with Crippen LogP contribution in [0.25, 0.3) is 0 Å². The minimum atomic E-state index is -0.817. The predicted molar refractivity (Wildman–Crippen MR) is 89.5 cm³/mol. The van der Waals surface area contributed by atoms with Gasteiger partial charge in [-0.15, -0.1) is 0 Å². The quantitative estimate of drug-likeness (QED) is 0.715. The maximum absolute atomic E-state index is 9.60. The molecule has 3 rings (SSSR count). The van der Waals surface area contributed by atoms with Gasteiger partial charge in [0.25, 0.3) is 0 Å². The highest BCUT2D eigenvalue weighted by atomic mass is 16.5. The summed E-state index contributed by atoms with van der Waals surface area (Å²) in [5.41, 5.74) is 1.95. The van der Waals surface area contributed by atoms with Crippen molar-refractivity contribution in [1.29, 1.82) is 0 Å². The van der Waals surface area contributed by atoms with Gasteiger partial charge in [0, 0.05) is 7.11 Å². The molecule has 0 heterocycles. The fraction of sp³-hybridized carbons (Fsp3) is 0.100. The third-order valence-corrected chi connectivity index (χ3v) is 4.03. The standard InChI is InChI=1S/C20H18O3/c1-23-20(15-5-3-2-4-6-15,16-7-11-18(21)12-8-16)17-9-13-19(22)14-10-17/h2-14,21-22H,1H3. The fourth-order valence-corrected chi connectivity index (χ4v) is 2.92. The van der Waals surface area contributed by atoms with Crippen LogP contribution in [-0.2, 0) is 10.3 Å². The molecule has 0 atom stereocenters. The first kappa shape index (κ1) is 15.1. The SMILES string of the molecule is COC(c1ccccc1)(c1ccc(O)cc1)c1ccc(O)cc1. The van der Waals surface area contributed by atoms with Crippen molar-refractivity contribution in [3.8, 4) is 11.5 Å². The highest BCUT2D eigenvalue weighted by molar-refractivity contribution is 5.49. The molecule has 0 fully saturated rings. The summed E-state index contributed by atoms with van der Waals surface area (Å²) in [7, 11) is 1.66. The minimum absolute atomic E-state index is 0.206. The minimum Gasteiger partial charge on any atom is -0.508 e. The molecule has 0 unspecified atom stereocenters. The van der Waals surface area contributed by atoms with E-state index in [1.807, 2.05) is 54.6 Å². The maximum atomic E-state index is 9.60. The number of hydrogen-bond donors (Lipinski definition) is 2. The Bertz CT molecular complexity index is 717. The molecule has 0 aromatic heterocycles. The van der Waals surface area contributed by atoms with Crippen molar-refractivity contribution >= 4 is 0 Å². The van der Waals surface area contributed by atoms with Crippen LogP contribution in [0, 0.1) is 0 Å². The van der Waals surface area contributed by atoms with Crippen LogP contribution in [-0.4, -0.2) is 17.3 Å². The Kier molecular flexibility index (Phi) is 4.04. The van der Waals surface area contributed by atoms with Gasteiger partial charge in [0.15, 0.2) is 0 Å². The second-order valence-electron chi connectivity index (χ2n) is 5.35. The summed E-state index contributed by atoms with van der Waals surface area (Å²) >= 11 is 0. The van der Waals surface area contributed by atoms with Crippen LogP contribution in [0.3, 0.4) is 0 Å². The number of hydrogen-bond acceptors (Lipinski definition) is 3. The van der Waals surface area contributed by atoms with Gasteiger partial charge in [-0.25, -0.2) is 0 Å². The lowest BCUT2D eigenvalue weighted by atomic mass is 9.80. The molecule has 23 heavy (non-hydrogen) atoms. The average molecular weight is 306 g/mol. The third kappa shape index (κ3) is 2.67. The van der Waals surface area contributed by atoms with Gasteiger partial charge in [-0.1, -0.05) is 54.6 Å². The van der Waals surface area contributed by atoms with Crippen molar-refractivity contribution in [2.24, 2.45) is 0 Å². The number of methoxy groups -OCH3 is 1. The van der Waals surface area contributed by atoms with Gasteiger partial charge in [-0.05, 0) is 41.0 Å². The molecule has 3 aromatic rings. The Hall–Kier alpha value is -2.78. The third-order valence-electron chi connectivity index (χ3n) is 4.03. The smallest absolute Gasteiger partial charge is 0.143 e. The van der Waals surface area contributed by atoms with E-state index in [-0.39, 0.29) is 11.5 Å².